The molecule has 2 amide bonds. The van der Waals surface area contributed by atoms with Crippen molar-refractivity contribution in [2.45, 2.75) is 12.1 Å². The Morgan fingerprint density at radius 3 is 2.21 bits per heavy atom. The fourth-order valence-electron chi connectivity index (χ4n) is 6.07. The van der Waals surface area contributed by atoms with Crippen molar-refractivity contribution in [2.24, 2.45) is 11.8 Å². The minimum absolute atomic E-state index is 0.268. The molecule has 3 aromatic rings. The molecule has 0 N–H and O–H groups in total. The smallest absolute Gasteiger partial charge is 0.240 e. The maximum absolute atomic E-state index is 14.2. The van der Waals surface area contributed by atoms with E-state index < -0.39 is 29.8 Å². The highest BCUT2D eigenvalue weighted by molar-refractivity contribution is 6.25. The van der Waals surface area contributed by atoms with Gasteiger partial charge in [-0.25, -0.2) is 4.90 Å². The lowest BCUT2D eigenvalue weighted by Gasteiger charge is -2.35. The van der Waals surface area contributed by atoms with Crippen LogP contribution in [-0.4, -0.2) is 49.9 Å². The largest absolute Gasteiger partial charge is 0.495 e. The Labute approximate surface area is 220 Å². The molecule has 0 saturated carbocycles. The molecule has 0 aliphatic carbocycles. The van der Waals surface area contributed by atoms with Gasteiger partial charge in [0.1, 0.15) is 11.8 Å². The van der Waals surface area contributed by atoms with Crippen LogP contribution in [0.15, 0.2) is 72.9 Å². The Bertz CT molecular complexity index is 1500. The molecule has 192 valence electrons. The summed E-state index contributed by atoms with van der Waals surface area (Å²) in [5.74, 6) is -1.33. The lowest BCUT2D eigenvalue weighted by molar-refractivity contribution is -0.123. The molecule has 6 rings (SSSR count). The van der Waals surface area contributed by atoms with Crippen LogP contribution < -0.4 is 19.1 Å². The maximum atomic E-state index is 14.2. The number of Topliss-reactive ketones (excluding diaryl/α,β-unsaturated/α-hetero) is 1. The van der Waals surface area contributed by atoms with Crippen molar-refractivity contribution in [3.05, 3.63) is 89.6 Å². The summed E-state index contributed by atoms with van der Waals surface area (Å²) in [6, 6.07) is 18.3. The van der Waals surface area contributed by atoms with Crippen LogP contribution in [0.5, 0.6) is 17.2 Å². The van der Waals surface area contributed by atoms with Crippen molar-refractivity contribution in [2.75, 3.05) is 26.2 Å². The van der Waals surface area contributed by atoms with Crippen molar-refractivity contribution in [3.63, 3.8) is 0 Å². The van der Waals surface area contributed by atoms with E-state index in [9.17, 15) is 14.4 Å². The molecule has 38 heavy (non-hydrogen) atoms. The number of fused-ring (bicyclic) bond motifs is 5. The molecule has 0 spiro atoms. The van der Waals surface area contributed by atoms with Crippen LogP contribution in [-0.2, 0) is 9.59 Å². The molecule has 3 aliphatic heterocycles. The number of imide groups is 1. The van der Waals surface area contributed by atoms with Gasteiger partial charge in [0.05, 0.1) is 44.9 Å². The summed E-state index contributed by atoms with van der Waals surface area (Å²) < 4.78 is 16.2. The topological polar surface area (TPSA) is 85.4 Å². The van der Waals surface area contributed by atoms with Gasteiger partial charge in [0.25, 0.3) is 0 Å². The van der Waals surface area contributed by atoms with Crippen LogP contribution in [0.25, 0.3) is 6.08 Å². The Hall–Kier alpha value is -4.59. The van der Waals surface area contributed by atoms with E-state index in [1.165, 1.54) is 26.2 Å². The number of anilines is 1. The van der Waals surface area contributed by atoms with Gasteiger partial charge in [0.15, 0.2) is 17.3 Å². The number of nitrogens with zero attached hydrogens (tertiary/aromatic N) is 2. The molecular weight excluding hydrogens is 484 g/mol. The van der Waals surface area contributed by atoms with Crippen LogP contribution in [0.2, 0.25) is 0 Å². The Morgan fingerprint density at radius 1 is 0.763 bits per heavy atom. The number of hydrogen-bond acceptors (Lipinski definition) is 7. The van der Waals surface area contributed by atoms with Crippen molar-refractivity contribution < 1.29 is 28.6 Å². The van der Waals surface area contributed by atoms with Gasteiger partial charge in [0, 0.05) is 11.8 Å². The van der Waals surface area contributed by atoms with E-state index in [0.29, 0.717) is 28.5 Å². The average Bonchev–Trinajstić information content (AvgIpc) is 3.44. The summed E-state index contributed by atoms with van der Waals surface area (Å²) in [6.45, 7) is 0. The molecular formula is C30H26N2O6. The minimum atomic E-state index is -0.885. The van der Waals surface area contributed by atoms with Crippen molar-refractivity contribution >= 4 is 29.4 Å². The second-order valence-electron chi connectivity index (χ2n) is 9.45. The van der Waals surface area contributed by atoms with Crippen molar-refractivity contribution in [3.8, 4) is 17.2 Å². The van der Waals surface area contributed by atoms with E-state index in [2.05, 4.69) is 0 Å². The van der Waals surface area contributed by atoms with Gasteiger partial charge in [-0.15, -0.1) is 0 Å². The number of amides is 2. The third kappa shape index (κ3) is 3.33. The lowest BCUT2D eigenvalue weighted by Crippen LogP contribution is -2.44. The molecule has 0 radical (unpaired) electrons. The Kier molecular flexibility index (Phi) is 5.67. The second kappa shape index (κ2) is 9.06. The van der Waals surface area contributed by atoms with Crippen LogP contribution in [0.4, 0.5) is 5.69 Å². The van der Waals surface area contributed by atoms with Gasteiger partial charge < -0.3 is 19.1 Å². The monoisotopic (exact) mass is 510 g/mol. The third-order valence-electron chi connectivity index (χ3n) is 7.72. The first-order valence-corrected chi connectivity index (χ1v) is 12.3. The zero-order valence-corrected chi connectivity index (χ0v) is 21.2. The van der Waals surface area contributed by atoms with Crippen LogP contribution >= 0.6 is 0 Å². The number of carbonyl (C=O) groups excluding carboxylic acids is 3. The second-order valence-corrected chi connectivity index (χ2v) is 9.45. The predicted octanol–water partition coefficient (Wildman–Crippen LogP) is 4.11. The fourth-order valence-corrected chi connectivity index (χ4v) is 6.07. The molecule has 3 heterocycles. The Morgan fingerprint density at radius 2 is 1.45 bits per heavy atom. The van der Waals surface area contributed by atoms with Crippen molar-refractivity contribution in [1.82, 2.24) is 4.90 Å². The van der Waals surface area contributed by atoms with Gasteiger partial charge in [0.2, 0.25) is 11.8 Å². The van der Waals surface area contributed by atoms with Crippen LogP contribution in [0.3, 0.4) is 0 Å². The number of ketones is 1. The molecule has 8 heteroatoms. The zero-order valence-electron chi connectivity index (χ0n) is 21.2. The molecule has 3 aromatic carbocycles. The highest BCUT2D eigenvalue weighted by Crippen LogP contribution is 2.54. The summed E-state index contributed by atoms with van der Waals surface area (Å²) in [7, 11) is 4.52. The van der Waals surface area contributed by atoms with E-state index in [-0.39, 0.29) is 11.7 Å². The normalized spacial score (nSPS) is 23.1. The number of methoxy groups -OCH3 is 3. The molecule has 2 saturated heterocycles. The predicted molar refractivity (Wildman–Crippen MR) is 140 cm³/mol. The quantitative estimate of drug-likeness (QED) is 0.364. The SMILES string of the molecule is COc1ccc(C(=O)[C@@H]2[C@@H]3C(=O)N(c4ccccc4OC)C(=O)[C@H]3[C@H]3c4ccccc4C=CN23)cc1OC. The van der Waals surface area contributed by atoms with Crippen LogP contribution in [0, 0.1) is 11.8 Å². The van der Waals surface area contributed by atoms with E-state index in [1.54, 1.807) is 42.5 Å². The first kappa shape index (κ1) is 23.8. The molecule has 8 nitrogen and oxygen atoms in total. The van der Waals surface area contributed by atoms with Gasteiger partial charge in [-0.05, 0) is 47.5 Å². The van der Waals surface area contributed by atoms with E-state index in [4.69, 9.17) is 14.2 Å². The molecule has 2 fully saturated rings. The molecule has 0 aromatic heterocycles. The fraction of sp³-hybridized carbons (Fsp3) is 0.233. The number of ether oxygens (including phenoxy) is 3. The molecule has 0 bridgehead atoms. The molecule has 0 unspecified atom stereocenters. The number of carbonyl (C=O) groups is 3. The number of hydrogen-bond donors (Lipinski definition) is 0. The van der Waals surface area contributed by atoms with E-state index in [1.807, 2.05) is 41.4 Å². The van der Waals surface area contributed by atoms with Gasteiger partial charge in [-0.3, -0.25) is 14.4 Å². The summed E-state index contributed by atoms with van der Waals surface area (Å²) in [5, 5.41) is 0. The van der Waals surface area contributed by atoms with Gasteiger partial charge in [-0.2, -0.15) is 0 Å². The summed E-state index contributed by atoms with van der Waals surface area (Å²) in [5.41, 5.74) is 2.62. The first-order valence-electron chi connectivity index (χ1n) is 12.3. The highest BCUT2D eigenvalue weighted by atomic mass is 16.5. The van der Waals surface area contributed by atoms with Gasteiger partial charge >= 0.3 is 0 Å². The number of rotatable bonds is 6. The summed E-state index contributed by atoms with van der Waals surface area (Å²) in [6.07, 6.45) is 3.76. The number of benzene rings is 3. The average molecular weight is 511 g/mol. The zero-order chi connectivity index (χ0) is 26.6. The van der Waals surface area contributed by atoms with E-state index in [0.717, 1.165) is 11.1 Å². The van der Waals surface area contributed by atoms with Crippen LogP contribution in [0.1, 0.15) is 27.5 Å². The van der Waals surface area contributed by atoms with E-state index >= 15 is 0 Å². The summed E-state index contributed by atoms with van der Waals surface area (Å²) in [4.78, 5) is 45.4. The lowest BCUT2D eigenvalue weighted by atomic mass is 9.83. The first-order chi connectivity index (χ1) is 18.5. The molecule has 4 atom stereocenters. The van der Waals surface area contributed by atoms with Crippen molar-refractivity contribution in [1.29, 1.82) is 0 Å². The Balaban J connectivity index is 1.49. The highest BCUT2D eigenvalue weighted by Gasteiger charge is 2.64. The maximum Gasteiger partial charge on any atom is 0.240 e. The standard InChI is InChI=1S/C30H26N2O6/c1-36-21-11-7-6-10-20(21)32-29(34)24-25(30(32)35)27(28(33)18-12-13-22(37-2)23(16-18)38-3)31-15-14-17-8-4-5-9-19(17)26(24)31/h4-16,24-27H,1-3H3/t24-,25-,26-,27+/m1/s1. The third-order valence-corrected chi connectivity index (χ3v) is 7.72. The molecule has 3 aliphatic rings. The minimum Gasteiger partial charge on any atom is -0.495 e. The van der Waals surface area contributed by atoms with Gasteiger partial charge in [-0.1, -0.05) is 36.4 Å². The number of para-hydroxylation sites is 2. The summed E-state index contributed by atoms with van der Waals surface area (Å²) >= 11 is 0.